The fraction of sp³-hybridized carbons (Fsp3) is 0.167. The van der Waals surface area contributed by atoms with Crippen molar-refractivity contribution in [2.24, 2.45) is 0 Å². The van der Waals surface area contributed by atoms with Crippen molar-refractivity contribution in [2.75, 3.05) is 0 Å². The highest BCUT2D eigenvalue weighted by molar-refractivity contribution is 5.87. The van der Waals surface area contributed by atoms with Crippen LogP contribution in [0.2, 0.25) is 0 Å². The van der Waals surface area contributed by atoms with Crippen LogP contribution in [0.25, 0.3) is 10.8 Å². The Bertz CT molecular complexity index is 432. The molecule has 2 aromatic rings. The summed E-state index contributed by atoms with van der Waals surface area (Å²) in [6, 6.07) is 11.6. The van der Waals surface area contributed by atoms with Crippen molar-refractivity contribution in [3.63, 3.8) is 0 Å². The quantitative estimate of drug-likeness (QED) is 0.625. The van der Waals surface area contributed by atoms with Crippen LogP contribution in [0.5, 0.6) is 5.75 Å². The third-order valence-corrected chi connectivity index (χ3v) is 2.35. The minimum Gasteiger partial charge on any atom is -0.290 e. The first-order chi connectivity index (χ1) is 6.33. The highest BCUT2D eigenvalue weighted by Gasteiger charge is 2.04. The van der Waals surface area contributed by atoms with Gasteiger partial charge in [-0.1, -0.05) is 37.3 Å². The molecule has 0 heterocycles. The first-order valence-corrected chi connectivity index (χ1v) is 4.50. The van der Waals surface area contributed by atoms with E-state index >= 15 is 0 Å². The summed E-state index contributed by atoms with van der Waals surface area (Å²) in [5.41, 5.74) is 0.929. The summed E-state index contributed by atoms with van der Waals surface area (Å²) in [5, 5.41) is 13.7. The number of fused-ring (bicyclic) bond motifs is 1. The number of hydrogen-bond donors (Lipinski definition) is 0. The molecule has 0 fully saturated rings. The molecular formula is C12H11O. The van der Waals surface area contributed by atoms with Crippen LogP contribution in [0.3, 0.4) is 0 Å². The fourth-order valence-corrected chi connectivity index (χ4v) is 1.68. The molecule has 2 aromatic carbocycles. The van der Waals surface area contributed by atoms with Crippen molar-refractivity contribution >= 4 is 10.8 Å². The molecule has 1 heteroatoms. The van der Waals surface area contributed by atoms with Gasteiger partial charge in [0.2, 0.25) is 0 Å². The Balaban J connectivity index is 2.84. The van der Waals surface area contributed by atoms with E-state index in [2.05, 4.69) is 0 Å². The Kier molecular flexibility index (Phi) is 1.93. The molecule has 0 amide bonds. The first kappa shape index (κ1) is 8.11. The second kappa shape index (κ2) is 3.09. The summed E-state index contributed by atoms with van der Waals surface area (Å²) < 4.78 is 0. The van der Waals surface area contributed by atoms with Gasteiger partial charge in [0.25, 0.3) is 0 Å². The third kappa shape index (κ3) is 1.26. The van der Waals surface area contributed by atoms with Gasteiger partial charge in [-0.3, -0.25) is 5.11 Å². The Morgan fingerprint density at radius 3 is 2.62 bits per heavy atom. The standard InChI is InChI=1S/C12H11O/c1-2-10-11-6-4-3-5-9(11)7-8-12(10)13/h3-8H,2H2,1H3. The van der Waals surface area contributed by atoms with Crippen LogP contribution in [0.15, 0.2) is 36.4 Å². The molecule has 2 rings (SSSR count). The van der Waals surface area contributed by atoms with Crippen molar-refractivity contribution < 1.29 is 5.11 Å². The average molecular weight is 171 g/mol. The molecule has 0 aliphatic rings. The average Bonchev–Trinajstić information content (AvgIpc) is 2.18. The lowest BCUT2D eigenvalue weighted by atomic mass is 10.0. The van der Waals surface area contributed by atoms with Gasteiger partial charge < -0.3 is 0 Å². The zero-order valence-corrected chi connectivity index (χ0v) is 7.58. The topological polar surface area (TPSA) is 19.9 Å². The lowest BCUT2D eigenvalue weighted by molar-refractivity contribution is 0.351. The van der Waals surface area contributed by atoms with E-state index in [1.165, 1.54) is 0 Å². The maximum absolute atomic E-state index is 11.5. The lowest BCUT2D eigenvalue weighted by Gasteiger charge is -2.03. The van der Waals surface area contributed by atoms with E-state index in [4.69, 9.17) is 0 Å². The van der Waals surface area contributed by atoms with Crippen molar-refractivity contribution in [2.45, 2.75) is 13.3 Å². The highest BCUT2D eigenvalue weighted by atomic mass is 16.3. The summed E-state index contributed by atoms with van der Waals surface area (Å²) >= 11 is 0. The minimum absolute atomic E-state index is 0.154. The summed E-state index contributed by atoms with van der Waals surface area (Å²) in [5.74, 6) is 0.154. The summed E-state index contributed by atoms with van der Waals surface area (Å²) in [4.78, 5) is 0. The van der Waals surface area contributed by atoms with E-state index in [1.54, 1.807) is 6.07 Å². The van der Waals surface area contributed by atoms with Gasteiger partial charge >= 0.3 is 0 Å². The maximum Gasteiger partial charge on any atom is 0.182 e. The van der Waals surface area contributed by atoms with Crippen molar-refractivity contribution in [3.8, 4) is 5.75 Å². The van der Waals surface area contributed by atoms with Gasteiger partial charge in [-0.25, -0.2) is 0 Å². The molecule has 0 spiro atoms. The van der Waals surface area contributed by atoms with Crippen LogP contribution in [0.1, 0.15) is 12.5 Å². The Morgan fingerprint density at radius 1 is 1.08 bits per heavy atom. The van der Waals surface area contributed by atoms with Gasteiger partial charge in [0.1, 0.15) is 0 Å². The van der Waals surface area contributed by atoms with E-state index in [1.807, 2.05) is 37.3 Å². The van der Waals surface area contributed by atoms with Crippen LogP contribution in [0.4, 0.5) is 0 Å². The Labute approximate surface area is 77.6 Å². The van der Waals surface area contributed by atoms with Crippen molar-refractivity contribution in [1.82, 2.24) is 0 Å². The molecule has 0 saturated carbocycles. The van der Waals surface area contributed by atoms with E-state index in [0.29, 0.717) is 0 Å². The number of aryl methyl sites for hydroxylation is 1. The normalized spacial score (nSPS) is 10.5. The summed E-state index contributed by atoms with van der Waals surface area (Å²) in [6.07, 6.45) is 0.806. The SMILES string of the molecule is CCc1c([O])ccc2ccccc12. The molecule has 0 aliphatic carbocycles. The molecule has 1 nitrogen and oxygen atoms in total. The van der Waals surface area contributed by atoms with E-state index in [-0.39, 0.29) is 5.75 Å². The lowest BCUT2D eigenvalue weighted by Crippen LogP contribution is -1.83. The smallest absolute Gasteiger partial charge is 0.182 e. The Morgan fingerprint density at radius 2 is 1.85 bits per heavy atom. The second-order valence-corrected chi connectivity index (χ2v) is 3.12. The van der Waals surface area contributed by atoms with Crippen LogP contribution in [-0.2, 0) is 11.5 Å². The zero-order valence-electron chi connectivity index (χ0n) is 7.58. The summed E-state index contributed by atoms with van der Waals surface area (Å²) in [7, 11) is 0. The van der Waals surface area contributed by atoms with Crippen LogP contribution in [-0.4, -0.2) is 0 Å². The van der Waals surface area contributed by atoms with Gasteiger partial charge in [0.05, 0.1) is 0 Å². The molecular weight excluding hydrogens is 160 g/mol. The van der Waals surface area contributed by atoms with Gasteiger partial charge in [0, 0.05) is 5.56 Å². The minimum atomic E-state index is 0.154. The maximum atomic E-state index is 11.5. The number of hydrogen-bond acceptors (Lipinski definition) is 0. The molecule has 0 aromatic heterocycles. The monoisotopic (exact) mass is 171 g/mol. The molecule has 65 valence electrons. The van der Waals surface area contributed by atoms with Crippen LogP contribution < -0.4 is 0 Å². The van der Waals surface area contributed by atoms with Crippen LogP contribution in [0, 0.1) is 0 Å². The Hall–Kier alpha value is -1.50. The molecule has 1 radical (unpaired) electrons. The molecule has 13 heavy (non-hydrogen) atoms. The zero-order chi connectivity index (χ0) is 9.26. The van der Waals surface area contributed by atoms with Crippen LogP contribution >= 0.6 is 0 Å². The van der Waals surface area contributed by atoms with E-state index < -0.39 is 0 Å². The van der Waals surface area contributed by atoms with Gasteiger partial charge in [-0.15, -0.1) is 0 Å². The fourth-order valence-electron chi connectivity index (χ4n) is 1.68. The predicted molar refractivity (Wildman–Crippen MR) is 53.5 cm³/mol. The number of benzene rings is 2. The second-order valence-electron chi connectivity index (χ2n) is 3.12. The third-order valence-electron chi connectivity index (χ3n) is 2.35. The van der Waals surface area contributed by atoms with Gasteiger partial charge in [0.15, 0.2) is 5.75 Å². The largest absolute Gasteiger partial charge is 0.290 e. The number of rotatable bonds is 1. The molecule has 0 bridgehead atoms. The summed E-state index contributed by atoms with van der Waals surface area (Å²) in [6.45, 7) is 2.02. The van der Waals surface area contributed by atoms with E-state index in [9.17, 15) is 5.11 Å². The molecule has 0 aliphatic heterocycles. The molecule has 0 unspecified atom stereocenters. The first-order valence-electron chi connectivity index (χ1n) is 4.50. The van der Waals surface area contributed by atoms with Gasteiger partial charge in [-0.2, -0.15) is 0 Å². The molecule has 0 atom stereocenters. The highest BCUT2D eigenvalue weighted by Crippen LogP contribution is 2.27. The molecule has 0 saturated heterocycles. The van der Waals surface area contributed by atoms with Gasteiger partial charge in [-0.05, 0) is 23.3 Å². The van der Waals surface area contributed by atoms with E-state index in [0.717, 1.165) is 22.8 Å². The predicted octanol–water partition coefficient (Wildman–Crippen LogP) is 3.55. The van der Waals surface area contributed by atoms with Crippen molar-refractivity contribution in [1.29, 1.82) is 0 Å². The van der Waals surface area contributed by atoms with Crippen molar-refractivity contribution in [3.05, 3.63) is 42.0 Å². The molecule has 0 N–H and O–H groups in total.